The highest BCUT2D eigenvalue weighted by Crippen LogP contribution is 2.44. The first-order valence-corrected chi connectivity index (χ1v) is 8.22. The molecule has 1 aliphatic rings. The molecule has 0 aromatic carbocycles. The minimum Gasteiger partial charge on any atom is -0.443 e. The molecule has 0 aliphatic heterocycles. The van der Waals surface area contributed by atoms with Crippen LogP contribution >= 0.6 is 0 Å². The fourth-order valence-electron chi connectivity index (χ4n) is 2.57. The third-order valence-electron chi connectivity index (χ3n) is 3.78. The Morgan fingerprint density at radius 2 is 1.43 bits per heavy atom. The van der Waals surface area contributed by atoms with Gasteiger partial charge in [-0.15, -0.1) is 0 Å². The summed E-state index contributed by atoms with van der Waals surface area (Å²) in [5, 5.41) is 9.28. The van der Waals surface area contributed by atoms with Crippen LogP contribution in [0.4, 0.5) is 9.59 Å². The van der Waals surface area contributed by atoms with Gasteiger partial charge in [-0.1, -0.05) is 6.42 Å². The number of hydrogen-bond acceptors (Lipinski definition) is 5. The summed E-state index contributed by atoms with van der Waals surface area (Å²) in [7, 11) is 0. The van der Waals surface area contributed by atoms with Crippen molar-refractivity contribution >= 4 is 12.2 Å². The lowest BCUT2D eigenvalue weighted by Gasteiger charge is -2.44. The molecule has 0 unspecified atom stereocenters. The van der Waals surface area contributed by atoms with Crippen LogP contribution in [0, 0.1) is 5.41 Å². The lowest BCUT2D eigenvalue weighted by atomic mass is 9.66. The Hall–Kier alpha value is -1.30. The standard InChI is InChI=1S/C17H31NO5/c1-15(2,3)22-13(20)18(14(21)23-16(4,5)6)12-17(10-11-19)8-7-9-17/h19H,7-12H2,1-6H3. The highest BCUT2D eigenvalue weighted by Gasteiger charge is 2.43. The molecule has 0 radical (unpaired) electrons. The van der Waals surface area contributed by atoms with Gasteiger partial charge >= 0.3 is 12.2 Å². The second kappa shape index (κ2) is 7.07. The van der Waals surface area contributed by atoms with Gasteiger partial charge in [-0.2, -0.15) is 0 Å². The zero-order valence-corrected chi connectivity index (χ0v) is 15.3. The number of imide groups is 1. The van der Waals surface area contributed by atoms with Crippen molar-refractivity contribution in [1.29, 1.82) is 0 Å². The fourth-order valence-corrected chi connectivity index (χ4v) is 2.57. The molecule has 1 N–H and O–H groups in total. The van der Waals surface area contributed by atoms with Crippen LogP contribution in [0.3, 0.4) is 0 Å². The van der Waals surface area contributed by atoms with E-state index < -0.39 is 23.4 Å². The summed E-state index contributed by atoms with van der Waals surface area (Å²) in [6.07, 6.45) is 1.98. The number of aliphatic hydroxyl groups is 1. The molecule has 0 aromatic heterocycles. The molecule has 0 heterocycles. The van der Waals surface area contributed by atoms with Crippen molar-refractivity contribution in [1.82, 2.24) is 4.90 Å². The van der Waals surface area contributed by atoms with Crippen LogP contribution in [-0.4, -0.2) is 46.5 Å². The number of carbonyl (C=O) groups excluding carboxylic acids is 2. The zero-order valence-electron chi connectivity index (χ0n) is 15.3. The van der Waals surface area contributed by atoms with E-state index in [1.807, 2.05) is 0 Å². The minimum absolute atomic E-state index is 0.0382. The Morgan fingerprint density at radius 1 is 1.00 bits per heavy atom. The summed E-state index contributed by atoms with van der Waals surface area (Å²) in [5.74, 6) is 0. The molecule has 23 heavy (non-hydrogen) atoms. The largest absolute Gasteiger partial charge is 0.443 e. The molecule has 0 bridgehead atoms. The molecule has 1 rings (SSSR count). The molecular weight excluding hydrogens is 298 g/mol. The first-order chi connectivity index (χ1) is 10.4. The molecule has 134 valence electrons. The van der Waals surface area contributed by atoms with Crippen molar-refractivity contribution in [3.05, 3.63) is 0 Å². The van der Waals surface area contributed by atoms with Crippen LogP contribution < -0.4 is 0 Å². The van der Waals surface area contributed by atoms with Gasteiger partial charge in [0.25, 0.3) is 0 Å². The Labute approximate surface area is 139 Å². The molecule has 1 saturated carbocycles. The number of ether oxygens (including phenoxy) is 2. The van der Waals surface area contributed by atoms with E-state index in [0.717, 1.165) is 24.2 Å². The van der Waals surface area contributed by atoms with E-state index in [-0.39, 0.29) is 18.6 Å². The maximum Gasteiger partial charge on any atom is 0.419 e. The van der Waals surface area contributed by atoms with Crippen molar-refractivity contribution in [2.45, 2.75) is 78.4 Å². The SMILES string of the molecule is CC(C)(C)OC(=O)N(CC1(CCO)CCC1)C(=O)OC(C)(C)C. The molecule has 6 heteroatoms. The van der Waals surface area contributed by atoms with Crippen molar-refractivity contribution in [2.24, 2.45) is 5.41 Å². The van der Waals surface area contributed by atoms with Crippen molar-refractivity contribution in [3.63, 3.8) is 0 Å². The van der Waals surface area contributed by atoms with Gasteiger partial charge in [0.05, 0.1) is 0 Å². The summed E-state index contributed by atoms with van der Waals surface area (Å²) >= 11 is 0. The van der Waals surface area contributed by atoms with Crippen LogP contribution in [-0.2, 0) is 9.47 Å². The normalized spacial score (nSPS) is 17.2. The van der Waals surface area contributed by atoms with Gasteiger partial charge in [0.1, 0.15) is 11.2 Å². The van der Waals surface area contributed by atoms with Gasteiger partial charge in [-0.25, -0.2) is 14.5 Å². The molecular formula is C17H31NO5. The number of nitrogens with zero attached hydrogens (tertiary/aromatic N) is 1. The molecule has 1 fully saturated rings. The summed E-state index contributed by atoms with van der Waals surface area (Å²) in [4.78, 5) is 25.9. The van der Waals surface area contributed by atoms with Gasteiger partial charge in [-0.05, 0) is 66.2 Å². The number of aliphatic hydroxyl groups excluding tert-OH is 1. The average Bonchev–Trinajstić information content (AvgIpc) is 2.27. The van der Waals surface area contributed by atoms with E-state index in [2.05, 4.69) is 0 Å². The molecule has 0 atom stereocenters. The van der Waals surface area contributed by atoms with E-state index in [4.69, 9.17) is 9.47 Å². The van der Waals surface area contributed by atoms with Crippen molar-refractivity contribution in [3.8, 4) is 0 Å². The summed E-state index contributed by atoms with van der Waals surface area (Å²) < 4.78 is 10.7. The monoisotopic (exact) mass is 329 g/mol. The van der Waals surface area contributed by atoms with E-state index in [9.17, 15) is 14.7 Å². The van der Waals surface area contributed by atoms with Crippen LogP contribution in [0.2, 0.25) is 0 Å². The Morgan fingerprint density at radius 3 is 1.70 bits per heavy atom. The second-order valence-electron chi connectivity index (χ2n) is 8.37. The number of carbonyl (C=O) groups is 2. The highest BCUT2D eigenvalue weighted by molar-refractivity contribution is 5.88. The third-order valence-corrected chi connectivity index (χ3v) is 3.78. The van der Waals surface area contributed by atoms with Crippen LogP contribution in [0.5, 0.6) is 0 Å². The molecule has 2 amide bonds. The molecule has 0 saturated heterocycles. The molecule has 0 aromatic rings. The lowest BCUT2D eigenvalue weighted by Crippen LogP contribution is -2.50. The number of amides is 2. The average molecular weight is 329 g/mol. The molecule has 0 spiro atoms. The Kier molecular flexibility index (Phi) is 6.07. The van der Waals surface area contributed by atoms with Gasteiger partial charge in [0.15, 0.2) is 0 Å². The summed E-state index contributed by atoms with van der Waals surface area (Å²) in [5.41, 5.74) is -1.61. The highest BCUT2D eigenvalue weighted by atomic mass is 16.6. The fraction of sp³-hybridized carbons (Fsp3) is 0.882. The van der Waals surface area contributed by atoms with Crippen LogP contribution in [0.1, 0.15) is 67.2 Å². The summed E-state index contributed by atoms with van der Waals surface area (Å²) in [6, 6.07) is 0. The third kappa shape index (κ3) is 6.37. The second-order valence-corrected chi connectivity index (χ2v) is 8.37. The molecule has 1 aliphatic carbocycles. The van der Waals surface area contributed by atoms with E-state index in [0.29, 0.717) is 6.42 Å². The smallest absolute Gasteiger partial charge is 0.419 e. The minimum atomic E-state index is -0.698. The van der Waals surface area contributed by atoms with Crippen LogP contribution in [0.15, 0.2) is 0 Å². The van der Waals surface area contributed by atoms with Crippen molar-refractivity contribution < 1.29 is 24.2 Å². The molecule has 6 nitrogen and oxygen atoms in total. The van der Waals surface area contributed by atoms with Crippen molar-refractivity contribution in [2.75, 3.05) is 13.2 Å². The van der Waals surface area contributed by atoms with E-state index in [1.165, 1.54) is 0 Å². The first kappa shape index (κ1) is 19.7. The van der Waals surface area contributed by atoms with Gasteiger partial charge < -0.3 is 14.6 Å². The van der Waals surface area contributed by atoms with Gasteiger partial charge in [0.2, 0.25) is 0 Å². The Balaban J connectivity index is 2.91. The lowest BCUT2D eigenvalue weighted by molar-refractivity contribution is -0.0205. The first-order valence-electron chi connectivity index (χ1n) is 8.22. The van der Waals surface area contributed by atoms with E-state index >= 15 is 0 Å². The van der Waals surface area contributed by atoms with Gasteiger partial charge in [-0.3, -0.25) is 0 Å². The number of rotatable bonds is 4. The van der Waals surface area contributed by atoms with E-state index in [1.54, 1.807) is 41.5 Å². The quantitative estimate of drug-likeness (QED) is 0.851. The maximum atomic E-state index is 12.4. The summed E-state index contributed by atoms with van der Waals surface area (Å²) in [6.45, 7) is 10.8. The zero-order chi connectivity index (χ0) is 17.9. The predicted molar refractivity (Wildman–Crippen MR) is 87.2 cm³/mol. The predicted octanol–water partition coefficient (Wildman–Crippen LogP) is 3.71. The van der Waals surface area contributed by atoms with Gasteiger partial charge in [0, 0.05) is 13.2 Å². The number of hydrogen-bond donors (Lipinski definition) is 1. The topological polar surface area (TPSA) is 76.1 Å². The Bertz CT molecular complexity index is 401. The maximum absolute atomic E-state index is 12.4. The van der Waals surface area contributed by atoms with Crippen LogP contribution in [0.25, 0.3) is 0 Å².